The van der Waals surface area contributed by atoms with Crippen molar-refractivity contribution >= 4 is 41.2 Å². The summed E-state index contributed by atoms with van der Waals surface area (Å²) in [6.07, 6.45) is 3.85. The lowest BCUT2D eigenvalue weighted by Crippen LogP contribution is -2.25. The van der Waals surface area contributed by atoms with E-state index in [0.717, 1.165) is 16.0 Å². The molecule has 156 valence electrons. The Morgan fingerprint density at radius 3 is 2.53 bits per heavy atom. The summed E-state index contributed by atoms with van der Waals surface area (Å²) in [5.41, 5.74) is 2.46. The molecular weight excluding hydrogens is 427 g/mol. The molecule has 1 fully saturated rings. The lowest BCUT2D eigenvalue weighted by atomic mass is 10.0. The molecule has 0 atom stereocenters. The number of benzene rings is 2. The Balaban J connectivity index is 1.94. The SMILES string of the molecule is C=CCc1cc(/C=C2/NC(=O)N(C)C2=O)cc(OC)c1OCc1ccc(Cl)cc1Cl. The van der Waals surface area contributed by atoms with Gasteiger partial charge in [-0.05, 0) is 42.3 Å². The first kappa shape index (κ1) is 21.7. The van der Waals surface area contributed by atoms with E-state index in [2.05, 4.69) is 11.9 Å². The van der Waals surface area contributed by atoms with E-state index in [1.807, 2.05) is 6.07 Å². The maximum Gasteiger partial charge on any atom is 0.328 e. The fraction of sp³-hybridized carbons (Fsp3) is 0.182. The Morgan fingerprint density at radius 1 is 1.17 bits per heavy atom. The van der Waals surface area contributed by atoms with Gasteiger partial charge in [0.1, 0.15) is 12.3 Å². The van der Waals surface area contributed by atoms with Crippen molar-refractivity contribution < 1.29 is 19.1 Å². The second-order valence-corrected chi connectivity index (χ2v) is 7.42. The lowest BCUT2D eigenvalue weighted by molar-refractivity contribution is -0.121. The molecule has 0 radical (unpaired) electrons. The Labute approximate surface area is 184 Å². The van der Waals surface area contributed by atoms with Crippen molar-refractivity contribution in [3.8, 4) is 11.5 Å². The quantitative estimate of drug-likeness (QED) is 0.375. The van der Waals surface area contributed by atoms with Crippen LogP contribution >= 0.6 is 23.2 Å². The molecule has 6 nitrogen and oxygen atoms in total. The van der Waals surface area contributed by atoms with E-state index in [4.69, 9.17) is 32.7 Å². The minimum absolute atomic E-state index is 0.190. The Hall–Kier alpha value is -2.96. The highest BCUT2D eigenvalue weighted by molar-refractivity contribution is 6.35. The number of urea groups is 1. The van der Waals surface area contributed by atoms with Gasteiger partial charge in [-0.25, -0.2) is 4.79 Å². The highest BCUT2D eigenvalue weighted by Gasteiger charge is 2.30. The van der Waals surface area contributed by atoms with Gasteiger partial charge in [-0.2, -0.15) is 0 Å². The van der Waals surface area contributed by atoms with Crippen LogP contribution in [0.15, 0.2) is 48.7 Å². The van der Waals surface area contributed by atoms with Crippen LogP contribution in [0.2, 0.25) is 10.0 Å². The van der Waals surface area contributed by atoms with Crippen LogP contribution in [0.3, 0.4) is 0 Å². The van der Waals surface area contributed by atoms with Crippen LogP contribution in [-0.2, 0) is 17.8 Å². The summed E-state index contributed by atoms with van der Waals surface area (Å²) in [5, 5.41) is 3.60. The predicted molar refractivity (Wildman–Crippen MR) is 117 cm³/mol. The van der Waals surface area contributed by atoms with Gasteiger partial charge < -0.3 is 14.8 Å². The zero-order valence-electron chi connectivity index (χ0n) is 16.5. The predicted octanol–water partition coefficient (Wildman–Crippen LogP) is 4.83. The molecule has 1 heterocycles. The van der Waals surface area contributed by atoms with Crippen molar-refractivity contribution in [3.05, 3.63) is 75.4 Å². The van der Waals surface area contributed by atoms with Gasteiger partial charge in [0.2, 0.25) is 0 Å². The summed E-state index contributed by atoms with van der Waals surface area (Å²) < 4.78 is 11.6. The van der Waals surface area contributed by atoms with E-state index < -0.39 is 11.9 Å². The van der Waals surface area contributed by atoms with Crippen LogP contribution in [0.25, 0.3) is 6.08 Å². The van der Waals surface area contributed by atoms with Gasteiger partial charge >= 0.3 is 6.03 Å². The highest BCUT2D eigenvalue weighted by atomic mass is 35.5. The zero-order chi connectivity index (χ0) is 21.8. The summed E-state index contributed by atoms with van der Waals surface area (Å²) in [6.45, 7) is 4.01. The molecule has 3 amide bonds. The number of amides is 3. The monoisotopic (exact) mass is 446 g/mol. The van der Waals surface area contributed by atoms with Gasteiger partial charge in [0.25, 0.3) is 5.91 Å². The van der Waals surface area contributed by atoms with E-state index in [-0.39, 0.29) is 12.3 Å². The van der Waals surface area contributed by atoms with Crippen molar-refractivity contribution in [1.82, 2.24) is 10.2 Å². The van der Waals surface area contributed by atoms with Crippen LogP contribution in [0.5, 0.6) is 11.5 Å². The molecule has 2 aromatic carbocycles. The first-order valence-corrected chi connectivity index (χ1v) is 9.79. The van der Waals surface area contributed by atoms with Gasteiger partial charge in [-0.1, -0.05) is 35.3 Å². The number of hydrogen-bond donors (Lipinski definition) is 1. The number of ether oxygens (including phenoxy) is 2. The number of carbonyl (C=O) groups is 2. The molecule has 0 aliphatic carbocycles. The van der Waals surface area contributed by atoms with Crippen LogP contribution in [0.4, 0.5) is 4.79 Å². The van der Waals surface area contributed by atoms with Crippen molar-refractivity contribution in [1.29, 1.82) is 0 Å². The molecule has 0 bridgehead atoms. The summed E-state index contributed by atoms with van der Waals surface area (Å²) in [6, 6.07) is 8.32. The fourth-order valence-electron chi connectivity index (χ4n) is 2.97. The fourth-order valence-corrected chi connectivity index (χ4v) is 3.43. The molecule has 0 saturated carbocycles. The first-order chi connectivity index (χ1) is 14.3. The molecule has 1 saturated heterocycles. The van der Waals surface area contributed by atoms with Crippen LogP contribution in [0.1, 0.15) is 16.7 Å². The second kappa shape index (κ2) is 9.24. The molecule has 0 spiro atoms. The van der Waals surface area contributed by atoms with E-state index in [1.54, 1.807) is 36.4 Å². The van der Waals surface area contributed by atoms with Crippen molar-refractivity contribution in [2.75, 3.05) is 14.2 Å². The van der Waals surface area contributed by atoms with Gasteiger partial charge in [0.05, 0.1) is 7.11 Å². The van der Waals surface area contributed by atoms with E-state index in [0.29, 0.717) is 33.5 Å². The first-order valence-electron chi connectivity index (χ1n) is 9.03. The average molecular weight is 447 g/mol. The second-order valence-electron chi connectivity index (χ2n) is 6.58. The molecule has 0 aromatic heterocycles. The van der Waals surface area contributed by atoms with Gasteiger partial charge in [0, 0.05) is 28.2 Å². The van der Waals surface area contributed by atoms with Crippen molar-refractivity contribution in [3.63, 3.8) is 0 Å². The summed E-state index contributed by atoms with van der Waals surface area (Å²) in [4.78, 5) is 24.8. The number of nitrogens with zero attached hydrogens (tertiary/aromatic N) is 1. The number of allylic oxidation sites excluding steroid dienone is 1. The minimum Gasteiger partial charge on any atom is -0.493 e. The third-order valence-electron chi connectivity index (χ3n) is 4.52. The lowest BCUT2D eigenvalue weighted by Gasteiger charge is -2.16. The number of rotatable bonds is 7. The number of nitrogens with one attached hydrogen (secondary N) is 1. The van der Waals surface area contributed by atoms with E-state index >= 15 is 0 Å². The number of methoxy groups -OCH3 is 1. The van der Waals surface area contributed by atoms with Crippen LogP contribution in [-0.4, -0.2) is 31.0 Å². The Morgan fingerprint density at radius 2 is 1.93 bits per heavy atom. The number of hydrogen-bond acceptors (Lipinski definition) is 4. The van der Waals surface area contributed by atoms with Gasteiger partial charge in [-0.3, -0.25) is 9.69 Å². The van der Waals surface area contributed by atoms with E-state index in [9.17, 15) is 9.59 Å². The van der Waals surface area contributed by atoms with Gasteiger partial charge in [-0.15, -0.1) is 6.58 Å². The topological polar surface area (TPSA) is 67.9 Å². The molecule has 8 heteroatoms. The standard InChI is InChI=1S/C22H20Cl2N2O4/c1-4-5-14-8-13(9-18-21(27)26(2)22(28)25-18)10-19(29-3)20(14)30-12-15-6-7-16(23)11-17(15)24/h4,6-11H,1,5,12H2,2-3H3,(H,25,28)/b18-9+. The molecule has 2 aromatic rings. The normalized spacial score (nSPS) is 14.8. The Bertz CT molecular complexity index is 1050. The maximum absolute atomic E-state index is 12.1. The largest absolute Gasteiger partial charge is 0.493 e. The summed E-state index contributed by atoms with van der Waals surface area (Å²) in [7, 11) is 2.95. The summed E-state index contributed by atoms with van der Waals surface area (Å²) in [5.74, 6) is 0.628. The smallest absolute Gasteiger partial charge is 0.328 e. The zero-order valence-corrected chi connectivity index (χ0v) is 18.0. The molecule has 1 aliphatic heterocycles. The van der Waals surface area contributed by atoms with Crippen molar-refractivity contribution in [2.24, 2.45) is 0 Å². The average Bonchev–Trinajstić information content (AvgIpc) is 2.95. The van der Waals surface area contributed by atoms with Crippen LogP contribution < -0.4 is 14.8 Å². The van der Waals surface area contributed by atoms with Crippen LogP contribution in [0, 0.1) is 0 Å². The number of carbonyl (C=O) groups excluding carboxylic acids is 2. The molecule has 0 unspecified atom stereocenters. The maximum atomic E-state index is 12.1. The third kappa shape index (κ3) is 4.61. The number of likely N-dealkylation sites (N-methyl/N-ethyl adjacent to an activating group) is 1. The molecule has 1 aliphatic rings. The van der Waals surface area contributed by atoms with Gasteiger partial charge in [0.15, 0.2) is 11.5 Å². The molecular formula is C22H20Cl2N2O4. The number of halogens is 2. The van der Waals surface area contributed by atoms with E-state index in [1.165, 1.54) is 14.2 Å². The third-order valence-corrected chi connectivity index (χ3v) is 5.10. The summed E-state index contributed by atoms with van der Waals surface area (Å²) >= 11 is 12.2. The van der Waals surface area contributed by atoms with Crippen molar-refractivity contribution in [2.45, 2.75) is 13.0 Å². The number of imide groups is 1. The molecule has 1 N–H and O–H groups in total. The molecule has 3 rings (SSSR count). The highest BCUT2D eigenvalue weighted by Crippen LogP contribution is 2.35. The Kier molecular flexibility index (Phi) is 6.70. The minimum atomic E-state index is -0.468. The molecule has 30 heavy (non-hydrogen) atoms.